The van der Waals surface area contributed by atoms with Crippen LogP contribution in [-0.4, -0.2) is 23.4 Å². The number of alkyl halides is 1. The minimum Gasteiger partial charge on any atom is -0.295 e. The Labute approximate surface area is 97.0 Å². The molecule has 2 heteroatoms. The number of rotatable bonds is 3. The molecule has 0 bridgehead atoms. The maximum Gasteiger partial charge on any atom is 0.0379 e. The fourth-order valence-electron chi connectivity index (χ4n) is 2.21. The summed E-state index contributed by atoms with van der Waals surface area (Å²) >= 11 is 5.95. The van der Waals surface area contributed by atoms with E-state index in [9.17, 15) is 0 Å². The average Bonchev–Trinajstić information content (AvgIpc) is 2.69. The van der Waals surface area contributed by atoms with Crippen LogP contribution in [0.2, 0.25) is 0 Å². The van der Waals surface area contributed by atoms with E-state index in [-0.39, 0.29) is 0 Å². The van der Waals surface area contributed by atoms with Crippen LogP contribution >= 0.6 is 11.6 Å². The van der Waals surface area contributed by atoms with Crippen molar-refractivity contribution in [1.82, 2.24) is 4.90 Å². The molecule has 0 aliphatic carbocycles. The molecule has 1 aromatic carbocycles. The van der Waals surface area contributed by atoms with Crippen LogP contribution in [0.5, 0.6) is 0 Å². The summed E-state index contributed by atoms with van der Waals surface area (Å²) in [6.07, 6.45) is 2.55. The van der Waals surface area contributed by atoms with Gasteiger partial charge in [0.25, 0.3) is 0 Å². The van der Waals surface area contributed by atoms with Crippen LogP contribution < -0.4 is 0 Å². The third-order valence-corrected chi connectivity index (χ3v) is 3.54. The highest BCUT2D eigenvalue weighted by Gasteiger charge is 2.23. The molecule has 1 nitrogen and oxygen atoms in total. The summed E-state index contributed by atoms with van der Waals surface area (Å²) in [7, 11) is 0. The predicted octanol–water partition coefficient (Wildman–Crippen LogP) is 3.20. The van der Waals surface area contributed by atoms with Crippen LogP contribution in [0.3, 0.4) is 0 Å². The first-order valence-corrected chi connectivity index (χ1v) is 6.18. The third-order valence-electron chi connectivity index (χ3n) is 3.18. The van der Waals surface area contributed by atoms with Crippen molar-refractivity contribution >= 4 is 11.6 Å². The summed E-state index contributed by atoms with van der Waals surface area (Å²) < 4.78 is 0. The molecule has 0 saturated carbocycles. The fourth-order valence-corrected chi connectivity index (χ4v) is 2.56. The highest BCUT2D eigenvalue weighted by Crippen LogP contribution is 2.20. The van der Waals surface area contributed by atoms with Crippen LogP contribution in [0.15, 0.2) is 24.3 Å². The monoisotopic (exact) mass is 223 g/mol. The maximum absolute atomic E-state index is 5.95. The largest absolute Gasteiger partial charge is 0.295 e. The lowest BCUT2D eigenvalue weighted by Crippen LogP contribution is -2.30. The number of benzene rings is 1. The van der Waals surface area contributed by atoms with E-state index in [4.69, 9.17) is 11.6 Å². The van der Waals surface area contributed by atoms with E-state index in [1.54, 1.807) is 0 Å². The van der Waals surface area contributed by atoms with Crippen molar-refractivity contribution in [3.05, 3.63) is 35.4 Å². The van der Waals surface area contributed by atoms with Gasteiger partial charge in [0.15, 0.2) is 0 Å². The van der Waals surface area contributed by atoms with Crippen LogP contribution in [0.25, 0.3) is 0 Å². The second-order valence-corrected chi connectivity index (χ2v) is 4.72. The Bertz CT molecular complexity index is 307. The van der Waals surface area contributed by atoms with Crippen LogP contribution in [0, 0.1) is 6.92 Å². The lowest BCUT2D eigenvalue weighted by molar-refractivity contribution is 0.263. The van der Waals surface area contributed by atoms with Crippen molar-refractivity contribution in [3.8, 4) is 0 Å². The molecule has 1 saturated heterocycles. The van der Waals surface area contributed by atoms with Crippen LogP contribution in [0.4, 0.5) is 0 Å². The smallest absolute Gasteiger partial charge is 0.0379 e. The zero-order valence-corrected chi connectivity index (χ0v) is 10.0. The second kappa shape index (κ2) is 5.00. The minimum atomic E-state index is 0.591. The maximum atomic E-state index is 5.95. The molecule has 1 fully saturated rings. The van der Waals surface area contributed by atoms with Crippen molar-refractivity contribution in [2.24, 2.45) is 0 Å². The van der Waals surface area contributed by atoms with E-state index in [0.717, 1.165) is 12.4 Å². The van der Waals surface area contributed by atoms with Gasteiger partial charge < -0.3 is 0 Å². The molecule has 1 heterocycles. The van der Waals surface area contributed by atoms with Crippen molar-refractivity contribution < 1.29 is 0 Å². The Kier molecular flexibility index (Phi) is 3.66. The first-order valence-electron chi connectivity index (χ1n) is 5.65. The Morgan fingerprint density at radius 1 is 1.33 bits per heavy atom. The number of aryl methyl sites for hydroxylation is 1. The van der Waals surface area contributed by atoms with Gasteiger partial charge in [-0.25, -0.2) is 0 Å². The third kappa shape index (κ3) is 2.73. The van der Waals surface area contributed by atoms with E-state index in [1.165, 1.54) is 30.5 Å². The topological polar surface area (TPSA) is 3.24 Å². The molecule has 0 spiro atoms. The SMILES string of the molecule is Cc1ccc(CN2CCCC2CCl)cc1. The van der Waals surface area contributed by atoms with Gasteiger partial charge in [0.05, 0.1) is 0 Å². The van der Waals surface area contributed by atoms with Gasteiger partial charge in [0, 0.05) is 18.5 Å². The summed E-state index contributed by atoms with van der Waals surface area (Å²) in [6.45, 7) is 4.38. The Hall–Kier alpha value is -0.530. The zero-order valence-electron chi connectivity index (χ0n) is 9.25. The zero-order chi connectivity index (χ0) is 10.7. The molecule has 1 aromatic rings. The molecule has 0 N–H and O–H groups in total. The standard InChI is InChI=1S/C13H18ClN/c1-11-4-6-12(7-5-11)10-15-8-2-3-13(15)9-14/h4-7,13H,2-3,8-10H2,1H3. The molecule has 0 aromatic heterocycles. The Morgan fingerprint density at radius 3 is 2.73 bits per heavy atom. The molecule has 1 aliphatic rings. The molecular weight excluding hydrogens is 206 g/mol. The van der Waals surface area contributed by atoms with E-state index in [1.807, 2.05) is 0 Å². The van der Waals surface area contributed by atoms with Gasteiger partial charge in [-0.15, -0.1) is 11.6 Å². The number of hydrogen-bond donors (Lipinski definition) is 0. The summed E-state index contributed by atoms with van der Waals surface area (Å²) in [5.74, 6) is 0.770. The molecule has 1 unspecified atom stereocenters. The fraction of sp³-hybridized carbons (Fsp3) is 0.538. The minimum absolute atomic E-state index is 0.591. The van der Waals surface area contributed by atoms with Crippen LogP contribution in [0.1, 0.15) is 24.0 Å². The summed E-state index contributed by atoms with van der Waals surface area (Å²) in [5, 5.41) is 0. The summed E-state index contributed by atoms with van der Waals surface area (Å²) in [6, 6.07) is 9.40. The highest BCUT2D eigenvalue weighted by atomic mass is 35.5. The highest BCUT2D eigenvalue weighted by molar-refractivity contribution is 6.18. The molecule has 2 rings (SSSR count). The number of halogens is 1. The first-order chi connectivity index (χ1) is 7.29. The molecular formula is C13H18ClN. The number of likely N-dealkylation sites (tertiary alicyclic amines) is 1. The normalized spacial score (nSPS) is 22.1. The van der Waals surface area contributed by atoms with Gasteiger partial charge in [-0.3, -0.25) is 4.90 Å². The predicted molar refractivity (Wildman–Crippen MR) is 65.3 cm³/mol. The van der Waals surface area contributed by atoms with Crippen LogP contribution in [-0.2, 0) is 6.54 Å². The molecule has 82 valence electrons. The molecule has 0 radical (unpaired) electrons. The number of hydrogen-bond acceptors (Lipinski definition) is 1. The van der Waals surface area contributed by atoms with E-state index >= 15 is 0 Å². The Balaban J connectivity index is 1.99. The first kappa shape index (κ1) is 11.0. The average molecular weight is 224 g/mol. The van der Waals surface area contributed by atoms with Gasteiger partial charge in [-0.05, 0) is 31.9 Å². The molecule has 1 aliphatic heterocycles. The Morgan fingerprint density at radius 2 is 2.07 bits per heavy atom. The van der Waals surface area contributed by atoms with Gasteiger partial charge in [-0.2, -0.15) is 0 Å². The molecule has 0 amide bonds. The summed E-state index contributed by atoms with van der Waals surface area (Å²) in [4.78, 5) is 2.50. The van der Waals surface area contributed by atoms with Crippen molar-refractivity contribution in [2.75, 3.05) is 12.4 Å². The lowest BCUT2D eigenvalue weighted by atomic mass is 10.1. The molecule has 15 heavy (non-hydrogen) atoms. The van der Waals surface area contributed by atoms with Gasteiger partial charge in [0.2, 0.25) is 0 Å². The second-order valence-electron chi connectivity index (χ2n) is 4.41. The lowest BCUT2D eigenvalue weighted by Gasteiger charge is -2.22. The van der Waals surface area contributed by atoms with Gasteiger partial charge >= 0.3 is 0 Å². The van der Waals surface area contributed by atoms with Crippen molar-refractivity contribution in [2.45, 2.75) is 32.4 Å². The number of nitrogens with zero attached hydrogens (tertiary/aromatic N) is 1. The van der Waals surface area contributed by atoms with E-state index in [0.29, 0.717) is 6.04 Å². The quantitative estimate of drug-likeness (QED) is 0.712. The summed E-state index contributed by atoms with van der Waals surface area (Å²) in [5.41, 5.74) is 2.73. The van der Waals surface area contributed by atoms with Crippen molar-refractivity contribution in [1.29, 1.82) is 0 Å². The van der Waals surface area contributed by atoms with Gasteiger partial charge in [0.1, 0.15) is 0 Å². The van der Waals surface area contributed by atoms with E-state index < -0.39 is 0 Å². The van der Waals surface area contributed by atoms with Crippen molar-refractivity contribution in [3.63, 3.8) is 0 Å². The van der Waals surface area contributed by atoms with Gasteiger partial charge in [-0.1, -0.05) is 29.8 Å². The molecule has 1 atom stereocenters. The van der Waals surface area contributed by atoms with E-state index in [2.05, 4.69) is 36.1 Å².